The number of hydrogen-bond donors (Lipinski definition) is 1. The largest absolute Gasteiger partial charge is 0.387 e. The van der Waals surface area contributed by atoms with Gasteiger partial charge in [0.05, 0.1) is 5.84 Å². The van der Waals surface area contributed by atoms with Crippen molar-refractivity contribution in [2.45, 2.75) is 53.0 Å². The van der Waals surface area contributed by atoms with E-state index in [2.05, 4.69) is 32.7 Å². The Labute approximate surface area is 76.3 Å². The second kappa shape index (κ2) is 6.04. The minimum absolute atomic E-state index is 0.386. The lowest BCUT2D eigenvalue weighted by molar-refractivity contribution is 0.520. The Balaban J connectivity index is 3.78. The predicted molar refractivity (Wildman–Crippen MR) is 55.4 cm³/mol. The molecule has 12 heavy (non-hydrogen) atoms. The minimum Gasteiger partial charge on any atom is -0.387 e. The van der Waals surface area contributed by atoms with Crippen molar-refractivity contribution in [3.8, 4) is 0 Å². The molecule has 2 heteroatoms. The average Bonchev–Trinajstić information content (AvgIpc) is 1.84. The van der Waals surface area contributed by atoms with Crippen molar-refractivity contribution in [3.63, 3.8) is 0 Å². The third-order valence-electron chi connectivity index (χ3n) is 1.70. The Morgan fingerprint density at radius 2 is 1.92 bits per heavy atom. The van der Waals surface area contributed by atoms with Crippen LogP contribution in [0.4, 0.5) is 0 Å². The van der Waals surface area contributed by atoms with Crippen LogP contribution in [0.15, 0.2) is 4.99 Å². The highest BCUT2D eigenvalue weighted by Crippen LogP contribution is 2.07. The average molecular weight is 170 g/mol. The molecule has 0 radical (unpaired) electrons. The molecule has 0 aliphatic carbocycles. The van der Waals surface area contributed by atoms with Crippen LogP contribution < -0.4 is 5.73 Å². The molecule has 0 aromatic heterocycles. The smallest absolute Gasteiger partial charge is 0.0940 e. The van der Waals surface area contributed by atoms with Gasteiger partial charge < -0.3 is 5.73 Å². The molecule has 2 nitrogen and oxygen atoms in total. The Morgan fingerprint density at radius 3 is 2.33 bits per heavy atom. The van der Waals surface area contributed by atoms with Gasteiger partial charge in [-0.2, -0.15) is 0 Å². The van der Waals surface area contributed by atoms with Gasteiger partial charge in [0, 0.05) is 12.5 Å². The SMILES string of the molecule is CCCC(N)=NC(C)CC(C)C. The van der Waals surface area contributed by atoms with E-state index in [1.54, 1.807) is 0 Å². The zero-order valence-corrected chi connectivity index (χ0v) is 8.80. The number of amidine groups is 1. The van der Waals surface area contributed by atoms with Gasteiger partial charge in [-0.3, -0.25) is 4.99 Å². The summed E-state index contributed by atoms with van der Waals surface area (Å²) in [4.78, 5) is 4.40. The first kappa shape index (κ1) is 11.5. The molecule has 0 heterocycles. The molecule has 0 aliphatic heterocycles. The van der Waals surface area contributed by atoms with Crippen molar-refractivity contribution in [1.82, 2.24) is 0 Å². The molecule has 72 valence electrons. The molecule has 0 fully saturated rings. The molecule has 0 saturated carbocycles. The molecule has 0 amide bonds. The van der Waals surface area contributed by atoms with Crippen LogP contribution >= 0.6 is 0 Å². The highest BCUT2D eigenvalue weighted by atomic mass is 14.9. The maximum absolute atomic E-state index is 5.71. The number of aliphatic imine (C=N–C) groups is 1. The van der Waals surface area contributed by atoms with Crippen LogP contribution in [0.1, 0.15) is 47.0 Å². The van der Waals surface area contributed by atoms with Gasteiger partial charge in [0.1, 0.15) is 0 Å². The van der Waals surface area contributed by atoms with E-state index in [0.29, 0.717) is 12.0 Å². The van der Waals surface area contributed by atoms with Crippen molar-refractivity contribution < 1.29 is 0 Å². The highest BCUT2D eigenvalue weighted by molar-refractivity contribution is 5.80. The summed E-state index contributed by atoms with van der Waals surface area (Å²) in [6, 6.07) is 0.386. The molecular formula is C10H22N2. The van der Waals surface area contributed by atoms with Crippen LogP contribution in [0, 0.1) is 5.92 Å². The molecule has 2 N–H and O–H groups in total. The maximum Gasteiger partial charge on any atom is 0.0940 e. The van der Waals surface area contributed by atoms with Gasteiger partial charge in [0.15, 0.2) is 0 Å². The Bertz CT molecular complexity index is 139. The summed E-state index contributed by atoms with van der Waals surface area (Å²) >= 11 is 0. The predicted octanol–water partition coefficient (Wildman–Crippen LogP) is 2.58. The second-order valence-electron chi connectivity index (χ2n) is 3.85. The molecular weight excluding hydrogens is 148 g/mol. The molecule has 0 aromatic carbocycles. The van der Waals surface area contributed by atoms with Crippen molar-refractivity contribution >= 4 is 5.84 Å². The second-order valence-corrected chi connectivity index (χ2v) is 3.85. The van der Waals surface area contributed by atoms with Crippen molar-refractivity contribution in [3.05, 3.63) is 0 Å². The Morgan fingerprint density at radius 1 is 1.33 bits per heavy atom. The standard InChI is InChI=1S/C10H22N2/c1-5-6-10(11)12-9(4)7-8(2)3/h8-9H,5-7H2,1-4H3,(H2,11,12). The molecule has 1 unspecified atom stereocenters. The fourth-order valence-electron chi connectivity index (χ4n) is 1.34. The van der Waals surface area contributed by atoms with E-state index in [0.717, 1.165) is 25.1 Å². The first-order valence-electron chi connectivity index (χ1n) is 4.88. The first-order valence-corrected chi connectivity index (χ1v) is 4.88. The van der Waals surface area contributed by atoms with Crippen molar-refractivity contribution in [1.29, 1.82) is 0 Å². The lowest BCUT2D eigenvalue weighted by atomic mass is 10.1. The normalized spacial score (nSPS) is 15.2. The van der Waals surface area contributed by atoms with E-state index in [1.807, 2.05) is 0 Å². The first-order chi connectivity index (χ1) is 5.56. The lowest BCUT2D eigenvalue weighted by Gasteiger charge is -2.10. The van der Waals surface area contributed by atoms with Gasteiger partial charge in [0.2, 0.25) is 0 Å². The van der Waals surface area contributed by atoms with Crippen LogP contribution in [0.3, 0.4) is 0 Å². The van der Waals surface area contributed by atoms with Crippen LogP contribution in [-0.2, 0) is 0 Å². The van der Waals surface area contributed by atoms with Gasteiger partial charge >= 0.3 is 0 Å². The molecule has 0 rings (SSSR count). The van der Waals surface area contributed by atoms with E-state index < -0.39 is 0 Å². The minimum atomic E-state index is 0.386. The van der Waals surface area contributed by atoms with Crippen molar-refractivity contribution in [2.75, 3.05) is 0 Å². The number of hydrogen-bond acceptors (Lipinski definition) is 1. The molecule has 0 saturated heterocycles. The van der Waals surface area contributed by atoms with Gasteiger partial charge in [-0.15, -0.1) is 0 Å². The van der Waals surface area contributed by atoms with Gasteiger partial charge in [-0.25, -0.2) is 0 Å². The zero-order chi connectivity index (χ0) is 9.56. The summed E-state index contributed by atoms with van der Waals surface area (Å²) < 4.78 is 0. The Hall–Kier alpha value is -0.530. The number of nitrogens with zero attached hydrogens (tertiary/aromatic N) is 1. The third-order valence-corrected chi connectivity index (χ3v) is 1.70. The molecule has 0 aliphatic rings. The summed E-state index contributed by atoms with van der Waals surface area (Å²) in [5, 5.41) is 0. The summed E-state index contributed by atoms with van der Waals surface area (Å²) in [6.45, 7) is 8.67. The van der Waals surface area contributed by atoms with Crippen LogP contribution in [0.2, 0.25) is 0 Å². The van der Waals surface area contributed by atoms with E-state index in [4.69, 9.17) is 5.73 Å². The van der Waals surface area contributed by atoms with E-state index in [-0.39, 0.29) is 0 Å². The molecule has 0 spiro atoms. The van der Waals surface area contributed by atoms with Gasteiger partial charge in [-0.05, 0) is 25.7 Å². The lowest BCUT2D eigenvalue weighted by Crippen LogP contribution is -2.15. The Kier molecular flexibility index (Phi) is 5.77. The molecule has 0 aromatic rings. The number of nitrogens with two attached hydrogens (primary N) is 1. The zero-order valence-electron chi connectivity index (χ0n) is 8.80. The van der Waals surface area contributed by atoms with Crippen LogP contribution in [0.25, 0.3) is 0 Å². The summed E-state index contributed by atoms with van der Waals surface area (Å²) in [6.07, 6.45) is 3.15. The van der Waals surface area contributed by atoms with Crippen LogP contribution in [-0.4, -0.2) is 11.9 Å². The fraction of sp³-hybridized carbons (Fsp3) is 0.900. The fourth-order valence-corrected chi connectivity index (χ4v) is 1.34. The summed E-state index contributed by atoms with van der Waals surface area (Å²) in [7, 11) is 0. The topological polar surface area (TPSA) is 38.4 Å². The van der Waals surface area contributed by atoms with E-state index in [9.17, 15) is 0 Å². The third kappa shape index (κ3) is 6.20. The van der Waals surface area contributed by atoms with Gasteiger partial charge in [-0.1, -0.05) is 20.8 Å². The summed E-state index contributed by atoms with van der Waals surface area (Å²) in [5.41, 5.74) is 5.71. The molecule has 1 atom stereocenters. The van der Waals surface area contributed by atoms with E-state index in [1.165, 1.54) is 0 Å². The van der Waals surface area contributed by atoms with E-state index >= 15 is 0 Å². The van der Waals surface area contributed by atoms with Gasteiger partial charge in [0.25, 0.3) is 0 Å². The molecule has 0 bridgehead atoms. The quantitative estimate of drug-likeness (QED) is 0.500. The monoisotopic (exact) mass is 170 g/mol. The number of rotatable bonds is 5. The maximum atomic E-state index is 5.71. The highest BCUT2D eigenvalue weighted by Gasteiger charge is 2.02. The summed E-state index contributed by atoms with van der Waals surface area (Å²) in [5.74, 6) is 1.52. The van der Waals surface area contributed by atoms with Crippen molar-refractivity contribution in [2.24, 2.45) is 16.6 Å². The van der Waals surface area contributed by atoms with Crippen LogP contribution in [0.5, 0.6) is 0 Å².